The van der Waals surface area contributed by atoms with Gasteiger partial charge < -0.3 is 10.4 Å². The van der Waals surface area contributed by atoms with E-state index in [4.69, 9.17) is 5.11 Å². The minimum absolute atomic E-state index is 0.222. The summed E-state index contributed by atoms with van der Waals surface area (Å²) in [6, 6.07) is 0.224. The Balaban J connectivity index is 2.34. The maximum absolute atomic E-state index is 10.4. The fourth-order valence-corrected chi connectivity index (χ4v) is 2.19. The van der Waals surface area contributed by atoms with Crippen LogP contribution < -0.4 is 5.32 Å². The summed E-state index contributed by atoms with van der Waals surface area (Å²) in [4.78, 5) is 14.7. The van der Waals surface area contributed by atoms with Crippen LogP contribution in [0.3, 0.4) is 0 Å². The van der Waals surface area contributed by atoms with Gasteiger partial charge >= 0.3 is 5.97 Å². The van der Waals surface area contributed by atoms with Crippen LogP contribution in [-0.2, 0) is 4.79 Å². The van der Waals surface area contributed by atoms with Crippen LogP contribution in [0.2, 0.25) is 0 Å². The lowest BCUT2D eigenvalue weighted by Crippen LogP contribution is -2.15. The van der Waals surface area contributed by atoms with Gasteiger partial charge in [-0.3, -0.25) is 4.79 Å². The molecule has 6 heteroatoms. The molecule has 2 N–H and O–H groups in total. The largest absolute Gasteiger partial charge is 0.481 e. The van der Waals surface area contributed by atoms with Gasteiger partial charge in [-0.2, -0.15) is 4.37 Å². The van der Waals surface area contributed by atoms with E-state index in [1.54, 1.807) is 0 Å². The first kappa shape index (κ1) is 13.9. The van der Waals surface area contributed by atoms with Crippen LogP contribution in [0.4, 0.5) is 5.13 Å². The van der Waals surface area contributed by atoms with E-state index in [-0.39, 0.29) is 12.5 Å². The van der Waals surface area contributed by atoms with E-state index < -0.39 is 5.97 Å². The van der Waals surface area contributed by atoms with Gasteiger partial charge in [0.1, 0.15) is 5.82 Å². The van der Waals surface area contributed by atoms with E-state index in [1.165, 1.54) is 11.5 Å². The minimum atomic E-state index is -0.741. The van der Waals surface area contributed by atoms with Gasteiger partial charge in [0, 0.05) is 29.9 Å². The number of carboxylic acids is 1. The molecule has 1 unspecified atom stereocenters. The zero-order valence-electron chi connectivity index (χ0n) is 10.4. The zero-order chi connectivity index (χ0) is 12.8. The van der Waals surface area contributed by atoms with Gasteiger partial charge in [0.05, 0.1) is 0 Å². The van der Waals surface area contributed by atoms with E-state index >= 15 is 0 Å². The lowest BCUT2D eigenvalue weighted by atomic mass is 10.1. The fraction of sp³-hybridized carbons (Fsp3) is 0.727. The summed E-state index contributed by atoms with van der Waals surface area (Å²) in [6.45, 7) is 6.14. The Morgan fingerprint density at radius 1 is 1.47 bits per heavy atom. The Labute approximate surface area is 105 Å². The first-order valence-corrected chi connectivity index (χ1v) is 6.58. The van der Waals surface area contributed by atoms with Crippen molar-refractivity contribution in [2.45, 2.75) is 52.0 Å². The van der Waals surface area contributed by atoms with Crippen molar-refractivity contribution < 1.29 is 9.90 Å². The number of nitrogens with zero attached hydrogens (tertiary/aromatic N) is 2. The van der Waals surface area contributed by atoms with Gasteiger partial charge in [0.25, 0.3) is 0 Å². The zero-order valence-corrected chi connectivity index (χ0v) is 11.3. The SMILES string of the molecule is CC(CCCC(=O)O)Nc1nc(C(C)C)ns1. The van der Waals surface area contributed by atoms with Gasteiger partial charge in [-0.15, -0.1) is 0 Å². The summed E-state index contributed by atoms with van der Waals surface area (Å²) in [6.07, 6.45) is 1.72. The number of rotatable bonds is 7. The quantitative estimate of drug-likeness (QED) is 0.785. The van der Waals surface area contributed by atoms with Crippen LogP contribution >= 0.6 is 11.5 Å². The van der Waals surface area contributed by atoms with Crippen molar-refractivity contribution in [1.29, 1.82) is 0 Å². The molecular formula is C11H19N3O2S. The number of hydrogen-bond acceptors (Lipinski definition) is 5. The predicted octanol–water partition coefficient (Wildman–Crippen LogP) is 2.72. The molecule has 0 fully saturated rings. The van der Waals surface area contributed by atoms with E-state index in [1.807, 2.05) is 6.92 Å². The second-order valence-electron chi connectivity index (χ2n) is 4.44. The maximum Gasteiger partial charge on any atom is 0.303 e. The molecule has 0 bridgehead atoms. The molecule has 5 nitrogen and oxygen atoms in total. The maximum atomic E-state index is 10.4. The van der Waals surface area contributed by atoms with Crippen molar-refractivity contribution in [3.8, 4) is 0 Å². The van der Waals surface area contributed by atoms with Crippen LogP contribution in [0.5, 0.6) is 0 Å². The molecule has 96 valence electrons. The molecule has 1 rings (SSSR count). The highest BCUT2D eigenvalue weighted by Gasteiger charge is 2.10. The van der Waals surface area contributed by atoms with Crippen LogP contribution in [-0.4, -0.2) is 26.5 Å². The van der Waals surface area contributed by atoms with Gasteiger partial charge in [0.15, 0.2) is 0 Å². The lowest BCUT2D eigenvalue weighted by Gasteiger charge is -2.11. The fourth-order valence-electron chi connectivity index (χ4n) is 1.37. The molecular weight excluding hydrogens is 238 g/mol. The van der Waals surface area contributed by atoms with Crippen LogP contribution in [0.1, 0.15) is 51.8 Å². The van der Waals surface area contributed by atoms with Gasteiger partial charge in [-0.05, 0) is 19.8 Å². The smallest absolute Gasteiger partial charge is 0.303 e. The van der Waals surface area contributed by atoms with Crippen LogP contribution in [0, 0.1) is 0 Å². The summed E-state index contributed by atoms with van der Waals surface area (Å²) in [5.74, 6) is 0.453. The molecule has 0 spiro atoms. The highest BCUT2D eigenvalue weighted by atomic mass is 32.1. The molecule has 1 heterocycles. The van der Waals surface area contributed by atoms with Crippen LogP contribution in [0.15, 0.2) is 0 Å². The Morgan fingerprint density at radius 2 is 2.18 bits per heavy atom. The number of anilines is 1. The van der Waals surface area contributed by atoms with Gasteiger partial charge in [-0.25, -0.2) is 4.98 Å². The third-order valence-corrected chi connectivity index (χ3v) is 3.02. The third-order valence-electron chi connectivity index (χ3n) is 2.36. The molecule has 0 amide bonds. The Kier molecular flexibility index (Phi) is 5.34. The van der Waals surface area contributed by atoms with Crippen molar-refractivity contribution in [2.24, 2.45) is 0 Å². The second kappa shape index (κ2) is 6.54. The van der Waals surface area contributed by atoms with Crippen LogP contribution in [0.25, 0.3) is 0 Å². The van der Waals surface area contributed by atoms with E-state index in [0.29, 0.717) is 12.3 Å². The molecule has 1 aromatic rings. The highest BCUT2D eigenvalue weighted by molar-refractivity contribution is 7.09. The highest BCUT2D eigenvalue weighted by Crippen LogP contribution is 2.18. The summed E-state index contributed by atoms with van der Waals surface area (Å²) in [7, 11) is 0. The first-order chi connectivity index (χ1) is 7.99. The number of carbonyl (C=O) groups is 1. The van der Waals surface area contributed by atoms with Crippen molar-refractivity contribution >= 4 is 22.6 Å². The Bertz CT molecular complexity index is 365. The number of hydrogen-bond donors (Lipinski definition) is 2. The molecule has 0 radical (unpaired) electrons. The lowest BCUT2D eigenvalue weighted by molar-refractivity contribution is -0.137. The van der Waals surface area contributed by atoms with Crippen molar-refractivity contribution in [3.05, 3.63) is 5.82 Å². The Hall–Kier alpha value is -1.17. The molecule has 1 aromatic heterocycles. The molecule has 0 saturated heterocycles. The topological polar surface area (TPSA) is 75.1 Å². The number of carboxylic acid groups (broad SMARTS) is 1. The molecule has 0 aliphatic heterocycles. The Morgan fingerprint density at radius 3 is 2.71 bits per heavy atom. The van der Waals surface area contributed by atoms with Gasteiger partial charge in [0.2, 0.25) is 5.13 Å². The van der Waals surface area contributed by atoms with Crippen molar-refractivity contribution in [2.75, 3.05) is 5.32 Å². The summed E-state index contributed by atoms with van der Waals surface area (Å²) < 4.78 is 4.25. The monoisotopic (exact) mass is 257 g/mol. The van der Waals surface area contributed by atoms with E-state index in [2.05, 4.69) is 28.5 Å². The molecule has 0 aliphatic carbocycles. The first-order valence-electron chi connectivity index (χ1n) is 5.81. The number of aliphatic carboxylic acids is 1. The van der Waals surface area contributed by atoms with Crippen molar-refractivity contribution in [1.82, 2.24) is 9.36 Å². The number of nitrogens with one attached hydrogen (secondary N) is 1. The average Bonchev–Trinajstić information content (AvgIpc) is 2.65. The van der Waals surface area contributed by atoms with E-state index in [0.717, 1.165) is 17.4 Å². The third kappa shape index (κ3) is 5.12. The normalized spacial score (nSPS) is 12.7. The molecule has 1 atom stereocenters. The standard InChI is InChI=1S/C11H19N3O2S/c1-7(2)10-13-11(17-14-10)12-8(3)5-4-6-9(15)16/h7-8H,4-6H2,1-3H3,(H,15,16)(H,12,13,14). The van der Waals surface area contributed by atoms with Crippen molar-refractivity contribution in [3.63, 3.8) is 0 Å². The average molecular weight is 257 g/mol. The van der Waals surface area contributed by atoms with E-state index in [9.17, 15) is 4.79 Å². The predicted molar refractivity (Wildman–Crippen MR) is 68.6 cm³/mol. The molecule has 0 aromatic carbocycles. The summed E-state index contributed by atoms with van der Waals surface area (Å²) in [5, 5.41) is 12.6. The second-order valence-corrected chi connectivity index (χ2v) is 5.20. The van der Waals surface area contributed by atoms with Gasteiger partial charge in [-0.1, -0.05) is 13.8 Å². The molecule has 0 saturated carbocycles. The number of aromatic nitrogens is 2. The summed E-state index contributed by atoms with van der Waals surface area (Å²) >= 11 is 1.36. The summed E-state index contributed by atoms with van der Waals surface area (Å²) in [5.41, 5.74) is 0. The molecule has 0 aliphatic rings. The minimum Gasteiger partial charge on any atom is -0.481 e. The molecule has 17 heavy (non-hydrogen) atoms.